The number of carbonyl (C=O) groups excluding carboxylic acids is 1. The molecule has 0 fully saturated rings. The van der Waals surface area contributed by atoms with Crippen LogP contribution in [0.4, 0.5) is 10.8 Å². The summed E-state index contributed by atoms with van der Waals surface area (Å²) >= 11 is 7.13. The summed E-state index contributed by atoms with van der Waals surface area (Å²) in [6.07, 6.45) is 0. The maximum atomic E-state index is 12.5. The van der Waals surface area contributed by atoms with E-state index in [1.54, 1.807) is 0 Å². The number of hydrogen-bond donors (Lipinski definition) is 1. The molecular formula is C22H14ClN3O3S. The summed E-state index contributed by atoms with van der Waals surface area (Å²) < 4.78 is 0. The van der Waals surface area contributed by atoms with Gasteiger partial charge in [-0.1, -0.05) is 66.2 Å². The average molecular weight is 436 g/mol. The summed E-state index contributed by atoms with van der Waals surface area (Å²) in [5.74, 6) is -0.635. The summed E-state index contributed by atoms with van der Waals surface area (Å²) in [5.41, 5.74) is 3.40. The quantitative estimate of drug-likeness (QED) is 0.295. The van der Waals surface area contributed by atoms with Gasteiger partial charge < -0.3 is 0 Å². The number of nitrogens with one attached hydrogen (secondary N) is 1. The number of halogens is 1. The Kier molecular flexibility index (Phi) is 5.56. The normalized spacial score (nSPS) is 10.6. The van der Waals surface area contributed by atoms with E-state index >= 15 is 0 Å². The maximum absolute atomic E-state index is 12.5. The molecule has 30 heavy (non-hydrogen) atoms. The third-order valence-electron chi connectivity index (χ3n) is 4.41. The van der Waals surface area contributed by atoms with E-state index in [0.29, 0.717) is 10.8 Å². The summed E-state index contributed by atoms with van der Waals surface area (Å²) in [4.78, 5) is 27.5. The predicted molar refractivity (Wildman–Crippen MR) is 119 cm³/mol. The van der Waals surface area contributed by atoms with Gasteiger partial charge in [0, 0.05) is 22.0 Å². The van der Waals surface area contributed by atoms with Gasteiger partial charge in [0.2, 0.25) is 0 Å². The molecular weight excluding hydrogens is 422 g/mol. The van der Waals surface area contributed by atoms with E-state index in [-0.39, 0.29) is 16.3 Å². The summed E-state index contributed by atoms with van der Waals surface area (Å²) in [6, 6.07) is 21.8. The number of benzene rings is 3. The second kappa shape index (κ2) is 8.44. The zero-order valence-electron chi connectivity index (χ0n) is 15.4. The SMILES string of the molecule is O=C(Nc1nc(-c2ccc(-c3ccccc3)cc2)cs1)c1cc(Cl)ccc1[N+](=O)[O-]. The van der Waals surface area contributed by atoms with Crippen LogP contribution in [-0.4, -0.2) is 15.8 Å². The van der Waals surface area contributed by atoms with Crippen molar-refractivity contribution in [3.63, 3.8) is 0 Å². The number of aromatic nitrogens is 1. The largest absolute Gasteiger partial charge is 0.298 e. The van der Waals surface area contributed by atoms with Gasteiger partial charge in [0.05, 0.1) is 10.6 Å². The average Bonchev–Trinajstić information content (AvgIpc) is 3.22. The Balaban J connectivity index is 1.53. The number of amides is 1. The lowest BCUT2D eigenvalue weighted by Gasteiger charge is -2.04. The van der Waals surface area contributed by atoms with Gasteiger partial charge in [0.15, 0.2) is 5.13 Å². The molecule has 0 saturated heterocycles. The van der Waals surface area contributed by atoms with Crippen LogP contribution < -0.4 is 5.32 Å². The van der Waals surface area contributed by atoms with Crippen molar-refractivity contribution in [1.82, 2.24) is 4.98 Å². The van der Waals surface area contributed by atoms with E-state index in [1.165, 1.54) is 29.5 Å². The molecule has 3 aromatic carbocycles. The van der Waals surface area contributed by atoms with E-state index in [1.807, 2.05) is 60.0 Å². The predicted octanol–water partition coefficient (Wildman–Crippen LogP) is 6.29. The van der Waals surface area contributed by atoms with Crippen molar-refractivity contribution in [3.8, 4) is 22.4 Å². The molecule has 1 aromatic heterocycles. The Bertz CT molecular complexity index is 1220. The highest BCUT2D eigenvalue weighted by Crippen LogP contribution is 2.29. The fourth-order valence-corrected chi connectivity index (χ4v) is 3.83. The maximum Gasteiger partial charge on any atom is 0.282 e. The van der Waals surface area contributed by atoms with Crippen molar-refractivity contribution in [2.75, 3.05) is 5.32 Å². The van der Waals surface area contributed by atoms with Crippen LogP contribution >= 0.6 is 22.9 Å². The van der Waals surface area contributed by atoms with Crippen LogP contribution in [0.2, 0.25) is 5.02 Å². The van der Waals surface area contributed by atoms with Crippen LogP contribution in [0.3, 0.4) is 0 Å². The second-order valence-electron chi connectivity index (χ2n) is 6.35. The van der Waals surface area contributed by atoms with Gasteiger partial charge in [-0.05, 0) is 23.3 Å². The minimum atomic E-state index is -0.635. The molecule has 0 aliphatic carbocycles. The number of rotatable bonds is 5. The van der Waals surface area contributed by atoms with Gasteiger partial charge in [0.1, 0.15) is 5.56 Å². The Morgan fingerprint density at radius 3 is 2.33 bits per heavy atom. The number of carbonyl (C=O) groups is 1. The van der Waals surface area contributed by atoms with Crippen LogP contribution in [0.5, 0.6) is 0 Å². The standard InChI is InChI=1S/C22H14ClN3O3S/c23-17-10-11-20(26(28)29)18(12-17)21(27)25-22-24-19(13-30-22)16-8-6-15(7-9-16)14-4-2-1-3-5-14/h1-13H,(H,24,25,27). The molecule has 1 N–H and O–H groups in total. The first-order chi connectivity index (χ1) is 14.5. The Morgan fingerprint density at radius 1 is 0.967 bits per heavy atom. The topological polar surface area (TPSA) is 85.1 Å². The van der Waals surface area contributed by atoms with E-state index in [9.17, 15) is 14.9 Å². The number of thiazole rings is 1. The molecule has 0 aliphatic rings. The van der Waals surface area contributed by atoms with E-state index < -0.39 is 10.8 Å². The van der Waals surface area contributed by atoms with E-state index in [2.05, 4.69) is 10.3 Å². The first kappa shape index (κ1) is 19.8. The van der Waals surface area contributed by atoms with Crippen LogP contribution in [-0.2, 0) is 0 Å². The van der Waals surface area contributed by atoms with Gasteiger partial charge in [-0.3, -0.25) is 20.2 Å². The molecule has 1 amide bonds. The van der Waals surface area contributed by atoms with Crippen LogP contribution in [0.25, 0.3) is 22.4 Å². The number of nitro groups is 1. The molecule has 4 aromatic rings. The molecule has 0 atom stereocenters. The lowest BCUT2D eigenvalue weighted by Crippen LogP contribution is -2.13. The lowest BCUT2D eigenvalue weighted by molar-refractivity contribution is -0.385. The first-order valence-corrected chi connectivity index (χ1v) is 10.1. The Morgan fingerprint density at radius 2 is 1.63 bits per heavy atom. The smallest absolute Gasteiger partial charge is 0.282 e. The molecule has 0 spiro atoms. The van der Waals surface area contributed by atoms with Crippen molar-refractivity contribution >= 4 is 39.7 Å². The highest BCUT2D eigenvalue weighted by atomic mass is 35.5. The third kappa shape index (κ3) is 4.22. The third-order valence-corrected chi connectivity index (χ3v) is 5.41. The van der Waals surface area contributed by atoms with Crippen molar-refractivity contribution in [2.24, 2.45) is 0 Å². The van der Waals surface area contributed by atoms with Crippen LogP contribution in [0, 0.1) is 10.1 Å². The van der Waals surface area contributed by atoms with Gasteiger partial charge in [-0.2, -0.15) is 0 Å². The number of hydrogen-bond acceptors (Lipinski definition) is 5. The molecule has 0 bridgehead atoms. The van der Waals surface area contributed by atoms with Crippen molar-refractivity contribution in [1.29, 1.82) is 0 Å². The molecule has 0 saturated carbocycles. The monoisotopic (exact) mass is 435 g/mol. The summed E-state index contributed by atoms with van der Waals surface area (Å²) in [6.45, 7) is 0. The molecule has 148 valence electrons. The minimum Gasteiger partial charge on any atom is -0.298 e. The van der Waals surface area contributed by atoms with Crippen molar-refractivity contribution < 1.29 is 9.72 Å². The first-order valence-electron chi connectivity index (χ1n) is 8.88. The van der Waals surface area contributed by atoms with E-state index in [0.717, 1.165) is 16.7 Å². The fourth-order valence-electron chi connectivity index (χ4n) is 2.94. The van der Waals surface area contributed by atoms with Crippen molar-refractivity contribution in [2.45, 2.75) is 0 Å². The fraction of sp³-hybridized carbons (Fsp3) is 0. The van der Waals surface area contributed by atoms with Gasteiger partial charge in [-0.25, -0.2) is 4.98 Å². The summed E-state index contributed by atoms with van der Waals surface area (Å²) in [7, 11) is 0. The van der Waals surface area contributed by atoms with Gasteiger partial charge in [0.25, 0.3) is 11.6 Å². The van der Waals surface area contributed by atoms with Crippen LogP contribution in [0.1, 0.15) is 10.4 Å². The molecule has 8 heteroatoms. The lowest BCUT2D eigenvalue weighted by atomic mass is 10.0. The summed E-state index contributed by atoms with van der Waals surface area (Å²) in [5, 5.41) is 16.2. The second-order valence-corrected chi connectivity index (χ2v) is 7.65. The number of nitro benzene ring substituents is 1. The van der Waals surface area contributed by atoms with Gasteiger partial charge >= 0.3 is 0 Å². The highest BCUT2D eigenvalue weighted by Gasteiger charge is 2.21. The Labute approximate surface area is 180 Å². The zero-order valence-corrected chi connectivity index (χ0v) is 17.0. The zero-order chi connectivity index (χ0) is 21.1. The van der Waals surface area contributed by atoms with Gasteiger partial charge in [-0.15, -0.1) is 11.3 Å². The van der Waals surface area contributed by atoms with Crippen LogP contribution in [0.15, 0.2) is 78.2 Å². The molecule has 0 unspecified atom stereocenters. The van der Waals surface area contributed by atoms with E-state index in [4.69, 9.17) is 11.6 Å². The Hall–Kier alpha value is -3.55. The molecule has 6 nitrogen and oxygen atoms in total. The molecule has 1 heterocycles. The van der Waals surface area contributed by atoms with Crippen molar-refractivity contribution in [3.05, 3.63) is 98.9 Å². The molecule has 0 radical (unpaired) electrons. The molecule has 4 rings (SSSR count). The minimum absolute atomic E-state index is 0.114. The highest BCUT2D eigenvalue weighted by molar-refractivity contribution is 7.14. The number of nitrogens with zero attached hydrogens (tertiary/aromatic N) is 2. The molecule has 0 aliphatic heterocycles. The number of anilines is 1.